The molecule has 0 unspecified atom stereocenters. The Kier molecular flexibility index (Phi) is 6.39. The molecule has 0 radical (unpaired) electrons. The van der Waals surface area contributed by atoms with Crippen LogP contribution in [0, 0.1) is 5.41 Å². The maximum atomic E-state index is 12.8. The van der Waals surface area contributed by atoms with Crippen molar-refractivity contribution in [2.45, 2.75) is 47.0 Å². The van der Waals surface area contributed by atoms with Gasteiger partial charge in [0, 0.05) is 37.4 Å². The van der Waals surface area contributed by atoms with Gasteiger partial charge in [-0.05, 0) is 42.5 Å². The third-order valence-corrected chi connectivity index (χ3v) is 6.31. The van der Waals surface area contributed by atoms with Crippen molar-refractivity contribution in [1.29, 1.82) is 0 Å². The van der Waals surface area contributed by atoms with Gasteiger partial charge >= 0.3 is 0 Å². The lowest BCUT2D eigenvalue weighted by Crippen LogP contribution is -2.17. The zero-order valence-electron chi connectivity index (χ0n) is 20.6. The van der Waals surface area contributed by atoms with E-state index in [1.165, 1.54) is 0 Å². The van der Waals surface area contributed by atoms with Crippen LogP contribution in [0.2, 0.25) is 0 Å². The molecular formula is C30H30BrNO2. The van der Waals surface area contributed by atoms with Crippen LogP contribution in [0.15, 0.2) is 75.6 Å². The van der Waals surface area contributed by atoms with E-state index in [1.54, 1.807) is 6.08 Å². The summed E-state index contributed by atoms with van der Waals surface area (Å²) in [5.74, 6) is 1.74. The monoisotopic (exact) mass is 515 g/mol. The molecule has 174 valence electrons. The number of carbonyl (C=O) groups is 1. The number of rotatable bonds is 4. The molecule has 4 heteroatoms. The highest BCUT2D eigenvalue weighted by Crippen LogP contribution is 2.40. The number of aromatic nitrogens is 1. The van der Waals surface area contributed by atoms with Crippen LogP contribution in [0.3, 0.4) is 0 Å². The van der Waals surface area contributed by atoms with Crippen LogP contribution in [-0.2, 0) is 10.2 Å². The third-order valence-electron chi connectivity index (χ3n) is 5.78. The second-order valence-electron chi connectivity index (χ2n) is 10.6. The zero-order valence-corrected chi connectivity index (χ0v) is 22.2. The van der Waals surface area contributed by atoms with Crippen molar-refractivity contribution in [1.82, 2.24) is 4.98 Å². The Morgan fingerprint density at radius 1 is 0.912 bits per heavy atom. The number of para-hydroxylation sites is 1. The van der Waals surface area contributed by atoms with Gasteiger partial charge in [0.25, 0.3) is 0 Å². The average molecular weight is 516 g/mol. The van der Waals surface area contributed by atoms with Gasteiger partial charge in [0.05, 0.1) is 11.2 Å². The first-order valence-electron chi connectivity index (χ1n) is 11.5. The molecule has 0 saturated carbocycles. The summed E-state index contributed by atoms with van der Waals surface area (Å²) in [5, 5.41) is 0.987. The predicted octanol–water partition coefficient (Wildman–Crippen LogP) is 8.85. The van der Waals surface area contributed by atoms with Crippen LogP contribution in [0.1, 0.15) is 52.9 Å². The number of fused-ring (bicyclic) bond motifs is 1. The second kappa shape index (κ2) is 8.99. The topological polar surface area (TPSA) is 43.1 Å². The van der Waals surface area contributed by atoms with Gasteiger partial charge in [-0.3, -0.25) is 4.79 Å². The number of nitrogens with zero attached hydrogens (tertiary/aromatic N) is 1. The highest BCUT2D eigenvalue weighted by molar-refractivity contribution is 9.10. The van der Waals surface area contributed by atoms with Crippen LogP contribution >= 0.6 is 15.9 Å². The van der Waals surface area contributed by atoms with E-state index in [1.807, 2.05) is 81.4 Å². The normalized spacial score (nSPS) is 12.6. The Balaban J connectivity index is 2.06. The molecule has 3 nitrogen and oxygen atoms in total. The first-order chi connectivity index (χ1) is 15.9. The Morgan fingerprint density at radius 2 is 1.59 bits per heavy atom. The van der Waals surface area contributed by atoms with E-state index in [9.17, 15) is 4.79 Å². The molecule has 2 aromatic carbocycles. The Labute approximate surface area is 210 Å². The van der Waals surface area contributed by atoms with E-state index in [0.717, 1.165) is 49.3 Å². The summed E-state index contributed by atoms with van der Waals surface area (Å²) in [5.41, 5.74) is 3.89. The van der Waals surface area contributed by atoms with Gasteiger partial charge in [0.2, 0.25) is 0 Å². The van der Waals surface area contributed by atoms with Gasteiger partial charge in [0.15, 0.2) is 5.78 Å². The fourth-order valence-electron chi connectivity index (χ4n) is 3.77. The molecule has 0 bridgehead atoms. The number of furan rings is 1. The molecule has 0 fully saturated rings. The first-order valence-corrected chi connectivity index (χ1v) is 12.3. The van der Waals surface area contributed by atoms with Crippen LogP contribution in [-0.4, -0.2) is 10.8 Å². The summed E-state index contributed by atoms with van der Waals surface area (Å²) in [6.45, 7) is 12.2. The number of carbonyl (C=O) groups excluding carboxylic acids is 1. The van der Waals surface area contributed by atoms with Gasteiger partial charge in [0.1, 0.15) is 11.5 Å². The van der Waals surface area contributed by atoms with Crippen molar-refractivity contribution >= 4 is 38.7 Å². The van der Waals surface area contributed by atoms with Crippen LogP contribution in [0.5, 0.6) is 0 Å². The van der Waals surface area contributed by atoms with Crippen molar-refractivity contribution < 1.29 is 9.21 Å². The quantitative estimate of drug-likeness (QED) is 0.255. The second-order valence-corrected chi connectivity index (χ2v) is 11.6. The largest absolute Gasteiger partial charge is 0.460 e. The molecule has 0 N–H and O–H groups in total. The lowest BCUT2D eigenvalue weighted by atomic mass is 9.89. The molecule has 0 aliphatic rings. The number of halogens is 1. The molecule has 4 rings (SSSR count). The van der Waals surface area contributed by atoms with Gasteiger partial charge in [-0.2, -0.15) is 0 Å². The minimum Gasteiger partial charge on any atom is -0.460 e. The summed E-state index contributed by atoms with van der Waals surface area (Å²) < 4.78 is 7.41. The van der Waals surface area contributed by atoms with Crippen molar-refractivity contribution in [3.63, 3.8) is 0 Å². The molecule has 0 amide bonds. The van der Waals surface area contributed by atoms with Crippen molar-refractivity contribution in [2.75, 3.05) is 0 Å². The van der Waals surface area contributed by atoms with Crippen molar-refractivity contribution in [3.8, 4) is 22.6 Å². The summed E-state index contributed by atoms with van der Waals surface area (Å²) in [7, 11) is 0. The maximum Gasteiger partial charge on any atom is 0.161 e. The number of allylic oxidation sites excluding steroid dienone is 1. The number of ketones is 1. The predicted molar refractivity (Wildman–Crippen MR) is 145 cm³/mol. The molecule has 0 saturated heterocycles. The van der Waals surface area contributed by atoms with E-state index in [0.29, 0.717) is 0 Å². The van der Waals surface area contributed by atoms with Gasteiger partial charge in [-0.1, -0.05) is 87.8 Å². The minimum atomic E-state index is -0.469. The fourth-order valence-corrected chi connectivity index (χ4v) is 4.03. The molecule has 34 heavy (non-hydrogen) atoms. The molecule has 2 heterocycles. The van der Waals surface area contributed by atoms with Gasteiger partial charge < -0.3 is 4.42 Å². The van der Waals surface area contributed by atoms with Crippen LogP contribution in [0.4, 0.5) is 0 Å². The van der Waals surface area contributed by atoms with Crippen LogP contribution in [0.25, 0.3) is 39.6 Å². The van der Waals surface area contributed by atoms with Crippen LogP contribution < -0.4 is 0 Å². The maximum absolute atomic E-state index is 12.8. The van der Waals surface area contributed by atoms with E-state index >= 15 is 0 Å². The van der Waals surface area contributed by atoms with Gasteiger partial charge in [-0.15, -0.1) is 0 Å². The molecule has 0 aliphatic carbocycles. The first kappa shape index (κ1) is 24.2. The van der Waals surface area contributed by atoms with Crippen molar-refractivity contribution in [2.24, 2.45) is 5.41 Å². The summed E-state index contributed by atoms with van der Waals surface area (Å²) in [6, 6.07) is 20.2. The Bertz CT molecular complexity index is 1380. The van der Waals surface area contributed by atoms with E-state index < -0.39 is 5.41 Å². The summed E-state index contributed by atoms with van der Waals surface area (Å²) >= 11 is 3.53. The number of benzene rings is 2. The van der Waals surface area contributed by atoms with Crippen molar-refractivity contribution in [3.05, 3.63) is 82.5 Å². The average Bonchev–Trinajstić information content (AvgIpc) is 3.27. The molecule has 2 aromatic heterocycles. The molecule has 0 spiro atoms. The number of hydrogen-bond acceptors (Lipinski definition) is 3. The minimum absolute atomic E-state index is 0.0585. The lowest BCUT2D eigenvalue weighted by Gasteiger charge is -2.17. The fraction of sp³-hybridized carbons (Fsp3) is 0.267. The SMILES string of the molecule is CC(C)(C)C(=O)/C=C\c1c(-c2ccc(Br)cc2)nc2ccccc2c1-c1ccc(C(C)(C)C)o1. The lowest BCUT2D eigenvalue weighted by molar-refractivity contribution is -0.121. The molecular weight excluding hydrogens is 486 g/mol. The van der Waals surface area contributed by atoms with E-state index in [2.05, 4.69) is 42.8 Å². The number of hydrogen-bond donors (Lipinski definition) is 0. The Hall–Kier alpha value is -2.98. The Morgan fingerprint density at radius 3 is 2.21 bits per heavy atom. The van der Waals surface area contributed by atoms with Gasteiger partial charge in [-0.25, -0.2) is 4.98 Å². The highest BCUT2D eigenvalue weighted by atomic mass is 79.9. The molecule has 4 aromatic rings. The number of pyridine rings is 1. The smallest absolute Gasteiger partial charge is 0.161 e. The summed E-state index contributed by atoms with van der Waals surface area (Å²) in [6.07, 6.45) is 3.57. The third kappa shape index (κ3) is 4.92. The summed E-state index contributed by atoms with van der Waals surface area (Å²) in [4.78, 5) is 17.9. The van der Waals surface area contributed by atoms with E-state index in [-0.39, 0.29) is 11.2 Å². The highest BCUT2D eigenvalue weighted by Gasteiger charge is 2.24. The zero-order chi connectivity index (χ0) is 24.7. The molecule has 0 aliphatic heterocycles. The molecule has 0 atom stereocenters. The van der Waals surface area contributed by atoms with E-state index in [4.69, 9.17) is 9.40 Å². The standard InChI is InChI=1S/C30H30BrNO2/c1-29(2,3)25(33)17-15-22-27(24-16-18-26(34-24)30(4,5)6)21-9-7-8-10-23(21)32-28(22)19-11-13-20(31)14-12-19/h7-18H,1-6H3/b17-15-.